The van der Waals surface area contributed by atoms with E-state index in [2.05, 4.69) is 194 Å². The third-order valence-corrected chi connectivity index (χ3v) is 14.8. The first kappa shape index (κ1) is 33.0. The summed E-state index contributed by atoms with van der Waals surface area (Å²) in [4.78, 5) is 2.78. The van der Waals surface area contributed by atoms with Crippen molar-refractivity contribution in [1.29, 1.82) is 0 Å². The van der Waals surface area contributed by atoms with Crippen LogP contribution in [0.4, 0.5) is 0 Å². The van der Waals surface area contributed by atoms with E-state index in [1.165, 1.54) is 106 Å². The molecule has 0 radical (unpaired) electrons. The van der Waals surface area contributed by atoms with Crippen molar-refractivity contribution in [3.63, 3.8) is 0 Å². The minimum Gasteiger partial charge on any atom is -0.135 e. The molecule has 0 saturated heterocycles. The van der Waals surface area contributed by atoms with E-state index in [-0.39, 0.29) is 5.41 Å². The van der Waals surface area contributed by atoms with Gasteiger partial charge in [-0.05, 0) is 101 Å². The summed E-state index contributed by atoms with van der Waals surface area (Å²) in [5.41, 5.74) is 7.74. The third kappa shape index (κ3) is 5.07. The van der Waals surface area contributed by atoms with Crippen LogP contribution in [0.5, 0.6) is 0 Å². The van der Waals surface area contributed by atoms with Gasteiger partial charge in [0.1, 0.15) is 0 Å². The molecule has 268 valence electrons. The summed E-state index contributed by atoms with van der Waals surface area (Å²) in [7, 11) is 0. The first-order valence-corrected chi connectivity index (χ1v) is 21.5. The summed E-state index contributed by atoms with van der Waals surface area (Å²) in [5, 5.41) is 13.4. The molecule has 10 aromatic carbocycles. The van der Waals surface area contributed by atoms with Crippen molar-refractivity contribution in [1.82, 2.24) is 0 Å². The van der Waals surface area contributed by atoms with Crippen molar-refractivity contribution in [3.05, 3.63) is 216 Å². The fraction of sp³-hybridized carbons (Fsp3) is 0.0545. The third-order valence-electron chi connectivity index (χ3n) is 12.5. The van der Waals surface area contributed by atoms with Crippen LogP contribution < -0.4 is 0 Å². The predicted octanol–water partition coefficient (Wildman–Crippen LogP) is 15.6. The molecule has 12 rings (SSSR count). The van der Waals surface area contributed by atoms with Gasteiger partial charge in [0, 0.05) is 35.4 Å². The molecule has 2 heteroatoms. The maximum absolute atomic E-state index is 2.41. The zero-order chi connectivity index (χ0) is 37.5. The van der Waals surface area contributed by atoms with Gasteiger partial charge < -0.3 is 0 Å². The summed E-state index contributed by atoms with van der Waals surface area (Å²) in [5.74, 6) is 0. The van der Waals surface area contributed by atoms with E-state index in [9.17, 15) is 0 Å². The average Bonchev–Trinajstić information content (AvgIpc) is 3.65. The largest absolute Gasteiger partial charge is 0.135 e. The van der Waals surface area contributed by atoms with Gasteiger partial charge in [-0.25, -0.2) is 0 Å². The fourth-order valence-electron chi connectivity index (χ4n) is 10.0. The van der Waals surface area contributed by atoms with Crippen molar-refractivity contribution >= 4 is 86.4 Å². The Labute approximate surface area is 340 Å². The lowest BCUT2D eigenvalue weighted by atomic mass is 9.63. The summed E-state index contributed by atoms with van der Waals surface area (Å²) >= 11 is 3.88. The normalized spacial score (nSPS) is 13.5. The highest BCUT2D eigenvalue weighted by molar-refractivity contribution is 8.00. The van der Waals surface area contributed by atoms with Crippen LogP contribution in [0.3, 0.4) is 0 Å². The number of rotatable bonds is 5. The second-order valence-electron chi connectivity index (χ2n) is 15.6. The van der Waals surface area contributed by atoms with Crippen LogP contribution in [-0.4, -0.2) is 0 Å². The summed E-state index contributed by atoms with van der Waals surface area (Å²) in [6.07, 6.45) is 1.74. The predicted molar refractivity (Wildman–Crippen MR) is 246 cm³/mol. The molecule has 0 nitrogen and oxygen atoms in total. The molecule has 0 unspecified atom stereocenters. The van der Waals surface area contributed by atoms with Crippen LogP contribution in [0.25, 0.3) is 74.4 Å². The second-order valence-corrected chi connectivity index (χ2v) is 17.7. The number of fused-ring (bicyclic) bond motifs is 15. The molecule has 1 aliphatic heterocycles. The summed E-state index contributed by atoms with van der Waals surface area (Å²) < 4.78 is 2.68. The summed E-state index contributed by atoms with van der Waals surface area (Å²) in [6, 6.07) is 73.1. The topological polar surface area (TPSA) is 0 Å². The zero-order valence-corrected chi connectivity index (χ0v) is 32.8. The number of hydrogen-bond acceptors (Lipinski definition) is 2. The lowest BCUT2D eigenvalue weighted by molar-refractivity contribution is 0.496. The molecule has 2 heterocycles. The van der Waals surface area contributed by atoms with E-state index < -0.39 is 0 Å². The van der Waals surface area contributed by atoms with E-state index in [1.807, 2.05) is 23.1 Å². The van der Waals surface area contributed by atoms with E-state index in [1.54, 1.807) is 0 Å². The Bertz CT molecular complexity index is 3250. The van der Waals surface area contributed by atoms with E-state index in [0.29, 0.717) is 0 Å². The molecule has 11 aromatic rings. The highest BCUT2D eigenvalue weighted by Crippen LogP contribution is 2.60. The zero-order valence-electron chi connectivity index (χ0n) is 31.2. The van der Waals surface area contributed by atoms with E-state index in [4.69, 9.17) is 0 Å². The SMILES string of the molecule is c1ccc(CC2(Cc3ccc(-c4ccc5c(c4)sc4ccccc45)cc3)c3c(c4ccccc4c4ccccc34)Sc3c2c2ccccc2c2ccccc32)cc1. The van der Waals surface area contributed by atoms with Gasteiger partial charge in [-0.2, -0.15) is 0 Å². The fourth-order valence-corrected chi connectivity index (χ4v) is 12.8. The van der Waals surface area contributed by atoms with Gasteiger partial charge in [0.05, 0.1) is 0 Å². The smallest absolute Gasteiger partial charge is 0.0361 e. The van der Waals surface area contributed by atoms with Gasteiger partial charge in [-0.3, -0.25) is 0 Å². The molecule has 0 bridgehead atoms. The van der Waals surface area contributed by atoms with E-state index >= 15 is 0 Å². The molecule has 57 heavy (non-hydrogen) atoms. The molecule has 1 aromatic heterocycles. The van der Waals surface area contributed by atoms with Crippen LogP contribution in [0.1, 0.15) is 22.3 Å². The van der Waals surface area contributed by atoms with Crippen LogP contribution >= 0.6 is 23.1 Å². The average molecular weight is 761 g/mol. The Morgan fingerprint density at radius 1 is 0.316 bits per heavy atom. The van der Waals surface area contributed by atoms with Crippen molar-refractivity contribution < 1.29 is 0 Å². The standard InChI is InChI=1S/C55H36S2/c1-2-14-35(15-3-1)33-55(34-36-26-28-37(29-27-36)38-30-31-44-43-20-12-13-25-49(43)56-50(44)32-38)51-45-21-8-4-16-39(45)41-18-6-10-23-47(41)53(51)57-54-48-24-11-7-19-42(48)40-17-5-9-22-46(40)52(54)55/h1-32H,33-34H2. The number of thiophene rings is 1. The first-order valence-electron chi connectivity index (χ1n) is 19.8. The molecule has 0 spiro atoms. The minimum atomic E-state index is -0.387. The first-order chi connectivity index (χ1) is 28.2. The Morgan fingerprint density at radius 3 is 1.32 bits per heavy atom. The van der Waals surface area contributed by atoms with Crippen molar-refractivity contribution in [3.8, 4) is 11.1 Å². The highest BCUT2D eigenvalue weighted by Gasteiger charge is 2.45. The van der Waals surface area contributed by atoms with Gasteiger partial charge in [-0.1, -0.05) is 194 Å². The highest BCUT2D eigenvalue weighted by atomic mass is 32.2. The quantitative estimate of drug-likeness (QED) is 0.157. The molecular formula is C55H36S2. The summed E-state index contributed by atoms with van der Waals surface area (Å²) in [6.45, 7) is 0. The Kier molecular flexibility index (Phi) is 7.48. The van der Waals surface area contributed by atoms with E-state index in [0.717, 1.165) is 12.8 Å². The monoisotopic (exact) mass is 760 g/mol. The van der Waals surface area contributed by atoms with Gasteiger partial charge in [0.15, 0.2) is 0 Å². The van der Waals surface area contributed by atoms with Gasteiger partial charge in [-0.15, -0.1) is 11.3 Å². The molecule has 0 aliphatic carbocycles. The maximum atomic E-state index is 2.41. The Morgan fingerprint density at radius 2 is 0.737 bits per heavy atom. The lowest BCUT2D eigenvalue weighted by Gasteiger charge is -2.44. The minimum absolute atomic E-state index is 0.387. The molecule has 0 saturated carbocycles. The van der Waals surface area contributed by atoms with Crippen LogP contribution in [0, 0.1) is 0 Å². The van der Waals surface area contributed by atoms with Crippen LogP contribution in [-0.2, 0) is 18.3 Å². The van der Waals surface area contributed by atoms with Gasteiger partial charge >= 0.3 is 0 Å². The van der Waals surface area contributed by atoms with Gasteiger partial charge in [0.2, 0.25) is 0 Å². The van der Waals surface area contributed by atoms with Crippen molar-refractivity contribution in [2.24, 2.45) is 0 Å². The maximum Gasteiger partial charge on any atom is 0.0361 e. The molecule has 0 N–H and O–H groups in total. The number of hydrogen-bond donors (Lipinski definition) is 0. The Balaban J connectivity index is 1.14. The van der Waals surface area contributed by atoms with Crippen LogP contribution in [0.15, 0.2) is 204 Å². The number of benzene rings is 10. The molecule has 0 fully saturated rings. The molecule has 0 atom stereocenters. The molecule has 1 aliphatic rings. The molecule has 0 amide bonds. The Hall–Kier alpha value is -6.19. The van der Waals surface area contributed by atoms with Crippen molar-refractivity contribution in [2.75, 3.05) is 0 Å². The lowest BCUT2D eigenvalue weighted by Crippen LogP contribution is -2.37. The van der Waals surface area contributed by atoms with Crippen molar-refractivity contribution in [2.45, 2.75) is 28.0 Å². The van der Waals surface area contributed by atoms with Crippen LogP contribution in [0.2, 0.25) is 0 Å². The second kappa shape index (κ2) is 12.9. The van der Waals surface area contributed by atoms with Gasteiger partial charge in [0.25, 0.3) is 0 Å². The molecular weight excluding hydrogens is 725 g/mol.